The van der Waals surface area contributed by atoms with Crippen molar-refractivity contribution in [3.05, 3.63) is 0 Å². The summed E-state index contributed by atoms with van der Waals surface area (Å²) in [5.74, 6) is 0.812. The number of nitrogens with zero attached hydrogens (tertiary/aromatic N) is 1. The standard InChI is InChI=1S/C7H9N/c8-5-7-3-1-2-6(7)4-7/h6H,1-4H2. The third-order valence-corrected chi connectivity index (χ3v) is 2.63. The average Bonchev–Trinajstić information content (AvgIpc) is 2.38. The third-order valence-electron chi connectivity index (χ3n) is 2.63. The van der Waals surface area contributed by atoms with Gasteiger partial charge in [0.2, 0.25) is 0 Å². The molecule has 2 atom stereocenters. The Balaban J connectivity index is 2.22. The normalized spacial score (nSPS) is 50.1. The minimum Gasteiger partial charge on any atom is -0.198 e. The van der Waals surface area contributed by atoms with Gasteiger partial charge in [-0.25, -0.2) is 0 Å². The van der Waals surface area contributed by atoms with Crippen LogP contribution in [0.1, 0.15) is 25.7 Å². The Morgan fingerprint density at radius 1 is 1.62 bits per heavy atom. The fourth-order valence-corrected chi connectivity index (χ4v) is 1.92. The van der Waals surface area contributed by atoms with Crippen LogP contribution in [0.25, 0.3) is 0 Å². The Morgan fingerprint density at radius 2 is 2.50 bits per heavy atom. The van der Waals surface area contributed by atoms with Gasteiger partial charge in [0.1, 0.15) is 0 Å². The van der Waals surface area contributed by atoms with Gasteiger partial charge in [-0.15, -0.1) is 0 Å². The first kappa shape index (κ1) is 4.38. The Morgan fingerprint density at radius 3 is 2.75 bits per heavy atom. The third kappa shape index (κ3) is 0.324. The van der Waals surface area contributed by atoms with Crippen LogP contribution in [0.3, 0.4) is 0 Å². The van der Waals surface area contributed by atoms with Crippen LogP contribution in [0.15, 0.2) is 0 Å². The highest BCUT2D eigenvalue weighted by Crippen LogP contribution is 2.62. The van der Waals surface area contributed by atoms with Crippen molar-refractivity contribution >= 4 is 0 Å². The molecule has 0 aromatic heterocycles. The van der Waals surface area contributed by atoms with Crippen molar-refractivity contribution in [1.29, 1.82) is 5.26 Å². The molecule has 0 saturated heterocycles. The minimum absolute atomic E-state index is 0.208. The van der Waals surface area contributed by atoms with E-state index in [1.807, 2.05) is 0 Å². The van der Waals surface area contributed by atoms with Gasteiger partial charge in [-0.1, -0.05) is 6.42 Å². The first-order chi connectivity index (χ1) is 3.87. The maximum absolute atomic E-state index is 8.62. The Bertz CT molecular complexity index is 156. The van der Waals surface area contributed by atoms with Crippen LogP contribution in [0.5, 0.6) is 0 Å². The van der Waals surface area contributed by atoms with E-state index >= 15 is 0 Å². The molecule has 2 fully saturated rings. The van der Waals surface area contributed by atoms with Crippen LogP contribution < -0.4 is 0 Å². The largest absolute Gasteiger partial charge is 0.198 e. The van der Waals surface area contributed by atoms with Crippen molar-refractivity contribution in [3.63, 3.8) is 0 Å². The van der Waals surface area contributed by atoms with Gasteiger partial charge in [-0.2, -0.15) is 5.26 Å². The van der Waals surface area contributed by atoms with E-state index in [1.54, 1.807) is 0 Å². The molecule has 0 aliphatic heterocycles. The van der Waals surface area contributed by atoms with Gasteiger partial charge in [-0.3, -0.25) is 0 Å². The topological polar surface area (TPSA) is 23.8 Å². The van der Waals surface area contributed by atoms with Crippen molar-refractivity contribution in [3.8, 4) is 6.07 Å². The molecule has 1 heteroatoms. The van der Waals surface area contributed by atoms with Gasteiger partial charge in [0.15, 0.2) is 0 Å². The lowest BCUT2D eigenvalue weighted by Gasteiger charge is -1.92. The molecule has 0 amide bonds. The minimum atomic E-state index is 0.208. The molecular formula is C7H9N. The Labute approximate surface area is 49.3 Å². The molecule has 42 valence electrons. The van der Waals surface area contributed by atoms with Crippen molar-refractivity contribution in [2.45, 2.75) is 25.7 Å². The summed E-state index contributed by atoms with van der Waals surface area (Å²) in [5, 5.41) is 8.62. The van der Waals surface area contributed by atoms with E-state index < -0.39 is 0 Å². The smallest absolute Gasteiger partial charge is 0.0692 e. The van der Waals surface area contributed by atoms with Crippen molar-refractivity contribution < 1.29 is 0 Å². The van der Waals surface area contributed by atoms with E-state index in [-0.39, 0.29) is 5.41 Å². The molecule has 0 N–H and O–H groups in total. The van der Waals surface area contributed by atoms with Gasteiger partial charge < -0.3 is 0 Å². The van der Waals surface area contributed by atoms with Crippen LogP contribution in [0, 0.1) is 22.7 Å². The molecule has 0 bridgehead atoms. The maximum atomic E-state index is 8.62. The molecule has 2 saturated carbocycles. The molecule has 0 radical (unpaired) electrons. The molecule has 1 nitrogen and oxygen atoms in total. The SMILES string of the molecule is N#CC12CCCC1C2. The number of rotatable bonds is 0. The van der Waals surface area contributed by atoms with Gasteiger partial charge in [0.05, 0.1) is 11.5 Å². The monoisotopic (exact) mass is 107 g/mol. The summed E-state index contributed by atoms with van der Waals surface area (Å²) in [6.45, 7) is 0. The predicted molar refractivity (Wildman–Crippen MR) is 30.0 cm³/mol. The predicted octanol–water partition coefficient (Wildman–Crippen LogP) is 1.70. The second kappa shape index (κ2) is 1.07. The van der Waals surface area contributed by atoms with E-state index in [0.717, 1.165) is 5.92 Å². The molecule has 2 rings (SSSR count). The fourth-order valence-electron chi connectivity index (χ4n) is 1.92. The van der Waals surface area contributed by atoms with Crippen LogP contribution >= 0.6 is 0 Å². The van der Waals surface area contributed by atoms with Gasteiger partial charge >= 0.3 is 0 Å². The highest BCUT2D eigenvalue weighted by atomic mass is 14.6. The van der Waals surface area contributed by atoms with Crippen LogP contribution in [-0.4, -0.2) is 0 Å². The maximum Gasteiger partial charge on any atom is 0.0692 e. The number of nitriles is 1. The summed E-state index contributed by atoms with van der Waals surface area (Å²) in [6, 6.07) is 2.41. The molecule has 2 aliphatic carbocycles. The molecular weight excluding hydrogens is 98.1 g/mol. The molecule has 0 aromatic carbocycles. The van der Waals surface area contributed by atoms with Crippen molar-refractivity contribution in [2.75, 3.05) is 0 Å². The zero-order chi connectivity index (χ0) is 5.61. The molecule has 2 aliphatic rings. The molecule has 0 heterocycles. The van der Waals surface area contributed by atoms with E-state index in [2.05, 4.69) is 6.07 Å². The highest BCUT2D eigenvalue weighted by molar-refractivity contribution is 5.18. The second-order valence-corrected chi connectivity index (χ2v) is 3.06. The first-order valence-electron chi connectivity index (χ1n) is 3.29. The fraction of sp³-hybridized carbons (Fsp3) is 0.857. The van der Waals surface area contributed by atoms with E-state index in [1.165, 1.54) is 25.7 Å². The first-order valence-corrected chi connectivity index (χ1v) is 3.29. The van der Waals surface area contributed by atoms with Gasteiger partial charge in [0, 0.05) is 0 Å². The zero-order valence-corrected chi connectivity index (χ0v) is 4.85. The molecule has 0 aromatic rings. The highest BCUT2D eigenvalue weighted by Gasteiger charge is 2.57. The summed E-state index contributed by atoms with van der Waals surface area (Å²) in [4.78, 5) is 0. The molecule has 2 unspecified atom stereocenters. The quantitative estimate of drug-likeness (QED) is 0.462. The Hall–Kier alpha value is -0.510. The average molecular weight is 107 g/mol. The van der Waals surface area contributed by atoms with Gasteiger partial charge in [-0.05, 0) is 25.2 Å². The van der Waals surface area contributed by atoms with E-state index in [0.29, 0.717) is 0 Å². The number of hydrogen-bond donors (Lipinski definition) is 0. The summed E-state index contributed by atoms with van der Waals surface area (Å²) in [5.41, 5.74) is 0.208. The van der Waals surface area contributed by atoms with Gasteiger partial charge in [0.25, 0.3) is 0 Å². The Kier molecular flexibility index (Phi) is 0.588. The summed E-state index contributed by atoms with van der Waals surface area (Å²) in [6.07, 6.45) is 5.03. The summed E-state index contributed by atoms with van der Waals surface area (Å²) >= 11 is 0. The zero-order valence-electron chi connectivity index (χ0n) is 4.85. The lowest BCUT2D eigenvalue weighted by Crippen LogP contribution is -1.90. The lowest BCUT2D eigenvalue weighted by molar-refractivity contribution is 0.635. The molecule has 8 heavy (non-hydrogen) atoms. The van der Waals surface area contributed by atoms with E-state index in [9.17, 15) is 0 Å². The number of hydrogen-bond acceptors (Lipinski definition) is 1. The summed E-state index contributed by atoms with van der Waals surface area (Å²) < 4.78 is 0. The van der Waals surface area contributed by atoms with E-state index in [4.69, 9.17) is 5.26 Å². The van der Waals surface area contributed by atoms with Crippen LogP contribution in [0.4, 0.5) is 0 Å². The van der Waals surface area contributed by atoms with Crippen LogP contribution in [0.2, 0.25) is 0 Å². The lowest BCUT2D eigenvalue weighted by atomic mass is 10.1. The van der Waals surface area contributed by atoms with Crippen molar-refractivity contribution in [2.24, 2.45) is 11.3 Å². The summed E-state index contributed by atoms with van der Waals surface area (Å²) in [7, 11) is 0. The second-order valence-electron chi connectivity index (χ2n) is 3.06. The number of fused-ring (bicyclic) bond motifs is 1. The molecule has 0 spiro atoms. The van der Waals surface area contributed by atoms with Crippen LogP contribution in [-0.2, 0) is 0 Å². The van der Waals surface area contributed by atoms with Crippen molar-refractivity contribution in [1.82, 2.24) is 0 Å².